The van der Waals surface area contributed by atoms with Crippen molar-refractivity contribution in [3.05, 3.63) is 0 Å². The summed E-state index contributed by atoms with van der Waals surface area (Å²) in [4.78, 5) is 17.8. The minimum absolute atomic E-state index is 0.00609. The predicted molar refractivity (Wildman–Crippen MR) is 135 cm³/mol. The second-order valence-corrected chi connectivity index (χ2v) is 11.5. The predicted octanol–water partition coefficient (Wildman–Crippen LogP) is 6.84. The van der Waals surface area contributed by atoms with E-state index in [4.69, 9.17) is 19.0 Å². The maximum atomic E-state index is 10.9. The van der Waals surface area contributed by atoms with E-state index in [1.165, 1.54) is 96.3 Å². The van der Waals surface area contributed by atoms with E-state index in [2.05, 4.69) is 6.92 Å². The molecule has 0 aliphatic heterocycles. The summed E-state index contributed by atoms with van der Waals surface area (Å²) >= 11 is 0. The van der Waals surface area contributed by atoms with Crippen molar-refractivity contribution in [2.24, 2.45) is 0 Å². The quantitative estimate of drug-likeness (QED) is 0.0898. The number of hydrogen-bond donors (Lipinski definition) is 2. The summed E-state index contributed by atoms with van der Waals surface area (Å²) < 4.78 is 22.0. The summed E-state index contributed by atoms with van der Waals surface area (Å²) in [6, 6.07) is -0.00609. The third-order valence-corrected chi connectivity index (χ3v) is 6.75. The van der Waals surface area contributed by atoms with E-state index in [9.17, 15) is 4.57 Å². The highest BCUT2D eigenvalue weighted by Gasteiger charge is 2.27. The summed E-state index contributed by atoms with van der Waals surface area (Å²) in [5.41, 5.74) is 0. The standard InChI is InChI=1S/C25H54NO5P/c1-5-6-7-8-9-10-11-12-13-14-15-16-17-18-19-20-22-30-23-21-25(26(2,3)4)24-31-32(27,28)29/h25H,5-24H2,1-4H3,(H-,27,28,29)/p+1. The minimum Gasteiger partial charge on any atom is -0.381 e. The van der Waals surface area contributed by atoms with E-state index in [0.29, 0.717) is 11.1 Å². The first-order chi connectivity index (χ1) is 15.2. The lowest BCUT2D eigenvalue weighted by Gasteiger charge is -2.34. The fourth-order valence-electron chi connectivity index (χ4n) is 3.95. The molecule has 1 atom stereocenters. The van der Waals surface area contributed by atoms with E-state index in [-0.39, 0.29) is 12.6 Å². The lowest BCUT2D eigenvalue weighted by molar-refractivity contribution is -0.896. The monoisotopic (exact) mass is 480 g/mol. The van der Waals surface area contributed by atoms with Gasteiger partial charge < -0.3 is 19.0 Å². The van der Waals surface area contributed by atoms with Crippen molar-refractivity contribution in [3.8, 4) is 0 Å². The van der Waals surface area contributed by atoms with Crippen LogP contribution in [0.15, 0.2) is 0 Å². The highest BCUT2D eigenvalue weighted by molar-refractivity contribution is 7.46. The Bertz CT molecular complexity index is 450. The van der Waals surface area contributed by atoms with Crippen LogP contribution in [0.1, 0.15) is 116 Å². The molecule has 0 rings (SSSR count). The lowest BCUT2D eigenvalue weighted by Crippen LogP contribution is -2.48. The Hall–Kier alpha value is 0.0300. The molecule has 0 spiro atoms. The summed E-state index contributed by atoms with van der Waals surface area (Å²) in [6.07, 6.45) is 22.6. The number of phosphoric ester groups is 1. The number of ether oxygens (including phenoxy) is 1. The number of likely N-dealkylation sites (N-methyl/N-ethyl adjacent to an activating group) is 1. The van der Waals surface area contributed by atoms with Gasteiger partial charge >= 0.3 is 7.82 Å². The highest BCUT2D eigenvalue weighted by atomic mass is 31.2. The lowest BCUT2D eigenvalue weighted by atomic mass is 10.0. The van der Waals surface area contributed by atoms with Crippen molar-refractivity contribution < 1.29 is 28.1 Å². The van der Waals surface area contributed by atoms with Gasteiger partial charge in [0.1, 0.15) is 12.6 Å². The molecular weight excluding hydrogens is 425 g/mol. The molecule has 1 unspecified atom stereocenters. The van der Waals surface area contributed by atoms with Gasteiger partial charge in [0, 0.05) is 13.0 Å². The van der Waals surface area contributed by atoms with Crippen molar-refractivity contribution in [2.45, 2.75) is 122 Å². The topological polar surface area (TPSA) is 76.0 Å². The van der Waals surface area contributed by atoms with Gasteiger partial charge in [-0.05, 0) is 6.42 Å². The van der Waals surface area contributed by atoms with Crippen molar-refractivity contribution in [3.63, 3.8) is 0 Å². The first kappa shape index (κ1) is 32.0. The smallest absolute Gasteiger partial charge is 0.381 e. The van der Waals surface area contributed by atoms with Crippen LogP contribution in [-0.2, 0) is 13.8 Å². The van der Waals surface area contributed by atoms with Crippen LogP contribution in [-0.4, -0.2) is 61.3 Å². The fraction of sp³-hybridized carbons (Fsp3) is 1.00. The number of rotatable bonds is 24. The van der Waals surface area contributed by atoms with E-state index in [1.54, 1.807) is 0 Å². The third-order valence-electron chi connectivity index (χ3n) is 6.27. The molecular formula is C25H55NO5P+. The van der Waals surface area contributed by atoms with Crippen LogP contribution in [0.2, 0.25) is 0 Å². The molecule has 0 saturated carbocycles. The van der Waals surface area contributed by atoms with E-state index >= 15 is 0 Å². The van der Waals surface area contributed by atoms with Crippen LogP contribution >= 0.6 is 7.82 Å². The van der Waals surface area contributed by atoms with Gasteiger partial charge in [0.25, 0.3) is 0 Å². The third kappa shape index (κ3) is 23.2. The second kappa shape index (κ2) is 20.4. The maximum Gasteiger partial charge on any atom is 0.469 e. The van der Waals surface area contributed by atoms with Crippen LogP contribution < -0.4 is 0 Å². The fourth-order valence-corrected chi connectivity index (χ4v) is 4.32. The molecule has 7 heteroatoms. The Morgan fingerprint density at radius 2 is 1.09 bits per heavy atom. The second-order valence-electron chi connectivity index (χ2n) is 10.3. The van der Waals surface area contributed by atoms with Gasteiger partial charge in [-0.1, -0.05) is 103 Å². The summed E-state index contributed by atoms with van der Waals surface area (Å²) in [7, 11) is 1.59. The molecule has 0 aromatic heterocycles. The van der Waals surface area contributed by atoms with Crippen LogP contribution in [0, 0.1) is 0 Å². The summed E-state index contributed by atoms with van der Waals surface area (Å²) in [5.74, 6) is 0. The van der Waals surface area contributed by atoms with Crippen molar-refractivity contribution in [1.29, 1.82) is 0 Å². The van der Waals surface area contributed by atoms with E-state index in [0.717, 1.165) is 19.4 Å². The zero-order valence-corrected chi connectivity index (χ0v) is 22.6. The molecule has 0 aromatic rings. The Balaban J connectivity index is 3.42. The first-order valence-corrected chi connectivity index (χ1v) is 14.8. The van der Waals surface area contributed by atoms with Gasteiger partial charge in [0.05, 0.1) is 27.7 Å². The number of hydrogen-bond acceptors (Lipinski definition) is 3. The Labute approximate surface area is 199 Å². The summed E-state index contributed by atoms with van der Waals surface area (Å²) in [6.45, 7) is 3.68. The van der Waals surface area contributed by atoms with E-state index in [1.807, 2.05) is 21.1 Å². The average Bonchev–Trinajstić information content (AvgIpc) is 2.70. The average molecular weight is 481 g/mol. The van der Waals surface area contributed by atoms with Gasteiger partial charge in [-0.2, -0.15) is 0 Å². The van der Waals surface area contributed by atoms with Crippen molar-refractivity contribution in [2.75, 3.05) is 41.0 Å². The maximum absolute atomic E-state index is 10.9. The molecule has 194 valence electrons. The molecule has 0 fully saturated rings. The molecule has 0 aliphatic rings. The molecule has 0 aromatic carbocycles. The molecule has 0 heterocycles. The number of nitrogens with zero attached hydrogens (tertiary/aromatic N) is 1. The van der Waals surface area contributed by atoms with Crippen molar-refractivity contribution in [1.82, 2.24) is 0 Å². The Morgan fingerprint density at radius 3 is 1.47 bits per heavy atom. The van der Waals surface area contributed by atoms with Gasteiger partial charge in [0.15, 0.2) is 0 Å². The van der Waals surface area contributed by atoms with Crippen LogP contribution in [0.5, 0.6) is 0 Å². The van der Waals surface area contributed by atoms with Crippen LogP contribution in [0.3, 0.4) is 0 Å². The zero-order valence-electron chi connectivity index (χ0n) is 21.7. The van der Waals surface area contributed by atoms with Crippen LogP contribution in [0.4, 0.5) is 0 Å². The Morgan fingerprint density at radius 1 is 0.688 bits per heavy atom. The van der Waals surface area contributed by atoms with Crippen LogP contribution in [0.25, 0.3) is 0 Å². The van der Waals surface area contributed by atoms with Gasteiger partial charge in [-0.25, -0.2) is 4.57 Å². The largest absolute Gasteiger partial charge is 0.469 e. The highest BCUT2D eigenvalue weighted by Crippen LogP contribution is 2.36. The molecule has 6 nitrogen and oxygen atoms in total. The van der Waals surface area contributed by atoms with E-state index < -0.39 is 7.82 Å². The molecule has 0 amide bonds. The van der Waals surface area contributed by atoms with Gasteiger partial charge in [0.2, 0.25) is 0 Å². The SMILES string of the molecule is CCCCCCCCCCCCCCCCCCOCCC(COP(=O)(O)O)[N+](C)(C)C. The molecule has 0 bridgehead atoms. The van der Waals surface area contributed by atoms with Gasteiger partial charge in [-0.15, -0.1) is 0 Å². The molecule has 2 N–H and O–H groups in total. The van der Waals surface area contributed by atoms with Gasteiger partial charge in [-0.3, -0.25) is 4.52 Å². The van der Waals surface area contributed by atoms with Crippen molar-refractivity contribution >= 4 is 7.82 Å². The molecule has 32 heavy (non-hydrogen) atoms. The molecule has 0 saturated heterocycles. The Kier molecular flexibility index (Phi) is 20.4. The molecule has 0 aliphatic carbocycles. The minimum atomic E-state index is -4.42. The molecule has 0 radical (unpaired) electrons. The first-order valence-electron chi connectivity index (χ1n) is 13.3. The normalized spacial score (nSPS) is 13.6. The number of unbranched alkanes of at least 4 members (excludes halogenated alkanes) is 15. The summed E-state index contributed by atoms with van der Waals surface area (Å²) in [5, 5.41) is 0. The zero-order chi connectivity index (χ0) is 24.1. The number of phosphoric acid groups is 1. The number of quaternary nitrogens is 1.